The van der Waals surface area contributed by atoms with Gasteiger partial charge in [0.05, 0.1) is 19.3 Å². The highest BCUT2D eigenvalue weighted by atomic mass is 16.5. The van der Waals surface area contributed by atoms with Crippen molar-refractivity contribution in [1.29, 1.82) is 0 Å². The molecule has 0 aromatic heterocycles. The molecule has 0 aromatic rings. The molecular formula is C12H25N3O2. The van der Waals surface area contributed by atoms with Crippen molar-refractivity contribution in [3.63, 3.8) is 0 Å². The number of morpholine rings is 1. The van der Waals surface area contributed by atoms with E-state index >= 15 is 0 Å². The summed E-state index contributed by atoms with van der Waals surface area (Å²) in [6.45, 7) is 9.09. The molecule has 100 valence electrons. The summed E-state index contributed by atoms with van der Waals surface area (Å²) in [5.74, 6) is 0.200. The fraction of sp³-hybridized carbons (Fsp3) is 0.917. The lowest BCUT2D eigenvalue weighted by Gasteiger charge is -2.27. The van der Waals surface area contributed by atoms with E-state index < -0.39 is 0 Å². The molecule has 5 nitrogen and oxygen atoms in total. The lowest BCUT2D eigenvalue weighted by molar-refractivity contribution is -0.123. The second kappa shape index (κ2) is 7.63. The van der Waals surface area contributed by atoms with Crippen molar-refractivity contribution in [2.75, 3.05) is 39.4 Å². The summed E-state index contributed by atoms with van der Waals surface area (Å²) < 4.78 is 5.26. The van der Waals surface area contributed by atoms with Crippen molar-refractivity contribution in [3.05, 3.63) is 0 Å². The van der Waals surface area contributed by atoms with Gasteiger partial charge in [-0.25, -0.2) is 0 Å². The van der Waals surface area contributed by atoms with Crippen molar-refractivity contribution >= 4 is 5.91 Å². The van der Waals surface area contributed by atoms with Crippen LogP contribution in [0, 0.1) is 5.92 Å². The Morgan fingerprint density at radius 3 is 2.71 bits per heavy atom. The van der Waals surface area contributed by atoms with E-state index in [-0.39, 0.29) is 17.9 Å². The summed E-state index contributed by atoms with van der Waals surface area (Å²) >= 11 is 0. The van der Waals surface area contributed by atoms with Crippen LogP contribution in [0.5, 0.6) is 0 Å². The molecule has 0 radical (unpaired) electrons. The van der Waals surface area contributed by atoms with Gasteiger partial charge in [-0.1, -0.05) is 20.3 Å². The van der Waals surface area contributed by atoms with E-state index in [2.05, 4.69) is 10.2 Å². The van der Waals surface area contributed by atoms with Crippen molar-refractivity contribution in [2.24, 2.45) is 11.7 Å². The molecule has 1 fully saturated rings. The fourth-order valence-corrected chi connectivity index (χ4v) is 1.79. The third-order valence-corrected chi connectivity index (χ3v) is 3.39. The zero-order chi connectivity index (χ0) is 12.7. The average molecular weight is 243 g/mol. The predicted molar refractivity (Wildman–Crippen MR) is 67.7 cm³/mol. The number of hydrogen-bond acceptors (Lipinski definition) is 4. The lowest BCUT2D eigenvalue weighted by atomic mass is 9.99. The van der Waals surface area contributed by atoms with Gasteiger partial charge in [-0.05, 0) is 5.92 Å². The average Bonchev–Trinajstić information content (AvgIpc) is 2.38. The number of carbonyl (C=O) groups excluding carboxylic acids is 1. The van der Waals surface area contributed by atoms with Gasteiger partial charge in [0.2, 0.25) is 5.91 Å². The molecule has 2 atom stereocenters. The maximum atomic E-state index is 11.7. The highest BCUT2D eigenvalue weighted by Gasteiger charge is 2.19. The minimum absolute atomic E-state index is 0.0346. The number of nitrogens with two attached hydrogens (primary N) is 1. The van der Waals surface area contributed by atoms with Crippen LogP contribution in [-0.4, -0.2) is 56.2 Å². The molecule has 1 saturated heterocycles. The Morgan fingerprint density at radius 2 is 2.12 bits per heavy atom. The number of nitrogens with one attached hydrogen (secondary N) is 1. The Morgan fingerprint density at radius 1 is 1.47 bits per heavy atom. The third kappa shape index (κ3) is 5.02. The number of amides is 1. The molecular weight excluding hydrogens is 218 g/mol. The number of ether oxygens (including phenoxy) is 1. The van der Waals surface area contributed by atoms with Crippen LogP contribution in [-0.2, 0) is 9.53 Å². The monoisotopic (exact) mass is 243 g/mol. The van der Waals surface area contributed by atoms with Crippen molar-refractivity contribution < 1.29 is 9.53 Å². The molecule has 0 aliphatic carbocycles. The van der Waals surface area contributed by atoms with Crippen LogP contribution in [0.3, 0.4) is 0 Å². The Balaban J connectivity index is 2.14. The van der Waals surface area contributed by atoms with E-state index in [0.717, 1.165) is 39.3 Å². The number of rotatable bonds is 6. The summed E-state index contributed by atoms with van der Waals surface area (Å²) in [4.78, 5) is 14.0. The Bertz CT molecular complexity index is 230. The molecule has 0 aromatic carbocycles. The maximum Gasteiger partial charge on any atom is 0.237 e. The normalized spacial score (nSPS) is 20.9. The third-order valence-electron chi connectivity index (χ3n) is 3.39. The van der Waals surface area contributed by atoms with E-state index in [0.29, 0.717) is 6.54 Å². The fourth-order valence-electron chi connectivity index (χ4n) is 1.79. The summed E-state index contributed by atoms with van der Waals surface area (Å²) in [5, 5.41) is 2.90. The second-order valence-corrected chi connectivity index (χ2v) is 4.66. The molecule has 1 heterocycles. The number of carbonyl (C=O) groups is 1. The van der Waals surface area contributed by atoms with Gasteiger partial charge in [0.15, 0.2) is 0 Å². The van der Waals surface area contributed by atoms with Gasteiger partial charge in [0.25, 0.3) is 0 Å². The van der Waals surface area contributed by atoms with Crippen LogP contribution in [0.1, 0.15) is 20.3 Å². The van der Waals surface area contributed by atoms with Gasteiger partial charge < -0.3 is 15.8 Å². The molecule has 0 saturated carbocycles. The standard InChI is InChI=1S/C12H25N3O2/c1-3-10(2)11(13)12(16)14-4-5-15-6-8-17-9-7-15/h10-11H,3-9,13H2,1-2H3,(H,14,16)/t10?,11-/m0/s1. The Kier molecular flexibility index (Phi) is 6.47. The molecule has 0 bridgehead atoms. The molecule has 1 aliphatic heterocycles. The predicted octanol–water partition coefficient (Wildman–Crippen LogP) is -0.192. The molecule has 3 N–H and O–H groups in total. The van der Waals surface area contributed by atoms with Gasteiger partial charge in [-0.3, -0.25) is 9.69 Å². The molecule has 1 unspecified atom stereocenters. The Hall–Kier alpha value is -0.650. The minimum atomic E-state index is -0.385. The van der Waals surface area contributed by atoms with Crippen molar-refractivity contribution in [3.8, 4) is 0 Å². The minimum Gasteiger partial charge on any atom is -0.379 e. The van der Waals surface area contributed by atoms with Crippen molar-refractivity contribution in [1.82, 2.24) is 10.2 Å². The smallest absolute Gasteiger partial charge is 0.237 e. The van der Waals surface area contributed by atoms with Gasteiger partial charge in [-0.2, -0.15) is 0 Å². The second-order valence-electron chi connectivity index (χ2n) is 4.66. The number of hydrogen-bond donors (Lipinski definition) is 2. The van der Waals surface area contributed by atoms with Crippen LogP contribution in [0.2, 0.25) is 0 Å². The molecule has 1 rings (SSSR count). The highest BCUT2D eigenvalue weighted by molar-refractivity contribution is 5.81. The molecule has 17 heavy (non-hydrogen) atoms. The van der Waals surface area contributed by atoms with Crippen molar-refractivity contribution in [2.45, 2.75) is 26.3 Å². The Labute approximate surface area is 104 Å². The van der Waals surface area contributed by atoms with E-state index in [1.165, 1.54) is 0 Å². The topological polar surface area (TPSA) is 67.6 Å². The zero-order valence-electron chi connectivity index (χ0n) is 10.9. The summed E-state index contributed by atoms with van der Waals surface area (Å²) in [6.07, 6.45) is 0.929. The van der Waals surface area contributed by atoms with Crippen LogP contribution in [0.25, 0.3) is 0 Å². The van der Waals surface area contributed by atoms with E-state index in [9.17, 15) is 4.79 Å². The SMILES string of the molecule is CCC(C)[C@H](N)C(=O)NCCN1CCOCC1. The van der Waals surface area contributed by atoms with Crippen LogP contribution >= 0.6 is 0 Å². The van der Waals surface area contributed by atoms with Gasteiger partial charge in [0.1, 0.15) is 0 Å². The zero-order valence-corrected chi connectivity index (χ0v) is 10.9. The molecule has 0 spiro atoms. The van der Waals surface area contributed by atoms with Gasteiger partial charge in [0, 0.05) is 26.2 Å². The first-order chi connectivity index (χ1) is 8.15. The maximum absolute atomic E-state index is 11.7. The highest BCUT2D eigenvalue weighted by Crippen LogP contribution is 2.04. The van der Waals surface area contributed by atoms with Gasteiger partial charge >= 0.3 is 0 Å². The molecule has 1 aliphatic rings. The quantitative estimate of drug-likeness (QED) is 0.678. The lowest BCUT2D eigenvalue weighted by Crippen LogP contribution is -2.47. The summed E-state index contributed by atoms with van der Waals surface area (Å²) in [7, 11) is 0. The molecule has 5 heteroatoms. The van der Waals surface area contributed by atoms with Crippen LogP contribution in [0.15, 0.2) is 0 Å². The first-order valence-electron chi connectivity index (χ1n) is 6.48. The first-order valence-corrected chi connectivity index (χ1v) is 6.48. The molecule has 1 amide bonds. The van der Waals surface area contributed by atoms with E-state index in [4.69, 9.17) is 10.5 Å². The largest absolute Gasteiger partial charge is 0.379 e. The summed E-state index contributed by atoms with van der Waals surface area (Å²) in [5.41, 5.74) is 5.84. The van der Waals surface area contributed by atoms with E-state index in [1.54, 1.807) is 0 Å². The summed E-state index contributed by atoms with van der Waals surface area (Å²) in [6, 6.07) is -0.385. The number of nitrogens with zero attached hydrogens (tertiary/aromatic N) is 1. The first kappa shape index (κ1) is 14.4. The van der Waals surface area contributed by atoms with E-state index in [1.807, 2.05) is 13.8 Å². The van der Waals surface area contributed by atoms with Crippen LogP contribution in [0.4, 0.5) is 0 Å². The van der Waals surface area contributed by atoms with Gasteiger partial charge in [-0.15, -0.1) is 0 Å². The van der Waals surface area contributed by atoms with Crippen LogP contribution < -0.4 is 11.1 Å².